The van der Waals surface area contributed by atoms with Gasteiger partial charge in [-0.05, 0) is 51.4 Å². The Kier molecular flexibility index (Phi) is 5.91. The standard InChI is InChI=1S/C19H29N3O3/c1-15-17(7-5-10-21-15)25-19(8-11-20-12-9-19)18(23)22(2)14-16-6-3-4-13-24-16/h5,7,10,16,20H,3-4,6,8-9,11-14H2,1-2H3/t16-/m1/s1. The molecule has 0 radical (unpaired) electrons. The zero-order chi connectivity index (χ0) is 17.7. The SMILES string of the molecule is Cc1ncccc1OC1(C(=O)N(C)C[C@H]2CCCCO2)CCNCC1. The molecule has 6 nitrogen and oxygen atoms in total. The zero-order valence-electron chi connectivity index (χ0n) is 15.3. The number of rotatable bonds is 5. The topological polar surface area (TPSA) is 63.7 Å². The van der Waals surface area contributed by atoms with Crippen molar-refractivity contribution in [3.8, 4) is 5.75 Å². The van der Waals surface area contributed by atoms with Crippen molar-refractivity contribution in [1.82, 2.24) is 15.2 Å². The van der Waals surface area contributed by atoms with Gasteiger partial charge in [0.1, 0.15) is 5.75 Å². The number of carbonyl (C=O) groups is 1. The van der Waals surface area contributed by atoms with E-state index in [-0.39, 0.29) is 12.0 Å². The number of hydrogen-bond acceptors (Lipinski definition) is 5. The van der Waals surface area contributed by atoms with Gasteiger partial charge in [0.05, 0.1) is 11.8 Å². The number of amides is 1. The summed E-state index contributed by atoms with van der Waals surface area (Å²) in [6.07, 6.45) is 6.52. The van der Waals surface area contributed by atoms with Crippen LogP contribution >= 0.6 is 0 Å². The van der Waals surface area contributed by atoms with Crippen LogP contribution in [0.4, 0.5) is 0 Å². The van der Waals surface area contributed by atoms with Gasteiger partial charge in [-0.25, -0.2) is 0 Å². The van der Waals surface area contributed by atoms with Gasteiger partial charge in [0.2, 0.25) is 0 Å². The number of aromatic nitrogens is 1. The molecule has 1 aromatic heterocycles. The molecule has 138 valence electrons. The number of nitrogens with one attached hydrogen (secondary N) is 1. The van der Waals surface area contributed by atoms with Crippen molar-refractivity contribution in [2.45, 2.75) is 50.7 Å². The molecule has 0 saturated carbocycles. The number of pyridine rings is 1. The number of piperidine rings is 1. The van der Waals surface area contributed by atoms with Crippen molar-refractivity contribution >= 4 is 5.91 Å². The van der Waals surface area contributed by atoms with Gasteiger partial charge in [0.15, 0.2) is 5.60 Å². The van der Waals surface area contributed by atoms with E-state index in [1.165, 1.54) is 6.42 Å². The fourth-order valence-corrected chi connectivity index (χ4v) is 3.67. The molecule has 0 spiro atoms. The number of aryl methyl sites for hydroxylation is 1. The van der Waals surface area contributed by atoms with E-state index in [1.807, 2.05) is 26.1 Å². The van der Waals surface area contributed by atoms with E-state index >= 15 is 0 Å². The first kappa shape index (κ1) is 18.1. The van der Waals surface area contributed by atoms with Gasteiger partial charge in [0.25, 0.3) is 5.91 Å². The summed E-state index contributed by atoms with van der Waals surface area (Å²) in [6.45, 7) is 4.89. The maximum Gasteiger partial charge on any atom is 0.266 e. The maximum absolute atomic E-state index is 13.3. The summed E-state index contributed by atoms with van der Waals surface area (Å²) in [5.74, 6) is 0.742. The van der Waals surface area contributed by atoms with E-state index in [4.69, 9.17) is 9.47 Å². The third kappa shape index (κ3) is 4.30. The highest BCUT2D eigenvalue weighted by Crippen LogP contribution is 2.30. The molecular formula is C19H29N3O3. The average Bonchev–Trinajstić information content (AvgIpc) is 2.64. The molecule has 2 aliphatic rings. The molecule has 1 aromatic rings. The summed E-state index contributed by atoms with van der Waals surface area (Å²) in [5, 5.41) is 3.32. The number of likely N-dealkylation sites (N-methyl/N-ethyl adjacent to an activating group) is 1. The Balaban J connectivity index is 1.74. The first-order valence-corrected chi connectivity index (χ1v) is 9.29. The molecule has 1 N–H and O–H groups in total. The number of carbonyl (C=O) groups excluding carboxylic acids is 1. The van der Waals surface area contributed by atoms with Gasteiger partial charge >= 0.3 is 0 Å². The molecule has 1 atom stereocenters. The smallest absolute Gasteiger partial charge is 0.266 e. The summed E-state index contributed by atoms with van der Waals surface area (Å²) in [4.78, 5) is 19.4. The predicted molar refractivity (Wildman–Crippen MR) is 95.7 cm³/mol. The number of nitrogens with zero attached hydrogens (tertiary/aromatic N) is 2. The molecule has 0 bridgehead atoms. The van der Waals surface area contributed by atoms with Crippen molar-refractivity contribution < 1.29 is 14.3 Å². The molecule has 2 aliphatic heterocycles. The molecule has 0 aliphatic carbocycles. The van der Waals surface area contributed by atoms with Crippen LogP contribution in [0.5, 0.6) is 5.75 Å². The quantitative estimate of drug-likeness (QED) is 0.882. The molecule has 6 heteroatoms. The molecule has 3 heterocycles. The Hall–Kier alpha value is -1.66. The molecule has 0 aromatic carbocycles. The second-order valence-corrected chi connectivity index (χ2v) is 7.11. The van der Waals surface area contributed by atoms with Crippen LogP contribution in [0.2, 0.25) is 0 Å². The lowest BCUT2D eigenvalue weighted by Crippen LogP contribution is -2.58. The van der Waals surface area contributed by atoms with Crippen LogP contribution in [0.3, 0.4) is 0 Å². The van der Waals surface area contributed by atoms with Gasteiger partial charge in [-0.2, -0.15) is 0 Å². The lowest BCUT2D eigenvalue weighted by Gasteiger charge is -2.40. The third-order valence-electron chi connectivity index (χ3n) is 5.16. The van der Waals surface area contributed by atoms with Crippen LogP contribution in [-0.2, 0) is 9.53 Å². The van der Waals surface area contributed by atoms with Crippen LogP contribution < -0.4 is 10.1 Å². The van der Waals surface area contributed by atoms with Gasteiger partial charge in [0, 0.05) is 39.2 Å². The Morgan fingerprint density at radius 3 is 2.92 bits per heavy atom. The molecular weight excluding hydrogens is 318 g/mol. The van der Waals surface area contributed by atoms with Crippen molar-refractivity contribution in [2.75, 3.05) is 33.3 Å². The number of ether oxygens (including phenoxy) is 2. The van der Waals surface area contributed by atoms with Crippen molar-refractivity contribution in [2.24, 2.45) is 0 Å². The van der Waals surface area contributed by atoms with Crippen LogP contribution in [-0.4, -0.2) is 60.8 Å². The zero-order valence-corrected chi connectivity index (χ0v) is 15.3. The molecule has 3 rings (SSSR count). The largest absolute Gasteiger partial charge is 0.475 e. The Bertz CT molecular complexity index is 581. The summed E-state index contributed by atoms with van der Waals surface area (Å²) >= 11 is 0. The fourth-order valence-electron chi connectivity index (χ4n) is 3.67. The molecule has 1 amide bonds. The third-order valence-corrected chi connectivity index (χ3v) is 5.16. The molecule has 0 unspecified atom stereocenters. The maximum atomic E-state index is 13.3. The summed E-state index contributed by atoms with van der Waals surface area (Å²) in [7, 11) is 1.86. The van der Waals surface area contributed by atoms with Crippen molar-refractivity contribution in [3.63, 3.8) is 0 Å². The highest BCUT2D eigenvalue weighted by molar-refractivity contribution is 5.85. The number of hydrogen-bond donors (Lipinski definition) is 1. The fraction of sp³-hybridized carbons (Fsp3) is 0.684. The van der Waals surface area contributed by atoms with Crippen molar-refractivity contribution in [3.05, 3.63) is 24.0 Å². The van der Waals surface area contributed by atoms with Gasteiger partial charge in [-0.3, -0.25) is 9.78 Å². The normalized spacial score (nSPS) is 23.0. The van der Waals surface area contributed by atoms with Gasteiger partial charge < -0.3 is 19.7 Å². The Labute approximate surface area is 149 Å². The summed E-state index contributed by atoms with van der Waals surface area (Å²) in [5.41, 5.74) is -0.00545. The Morgan fingerprint density at radius 2 is 2.24 bits per heavy atom. The lowest BCUT2D eigenvalue weighted by molar-refractivity contribution is -0.151. The van der Waals surface area contributed by atoms with E-state index in [9.17, 15) is 4.79 Å². The highest BCUT2D eigenvalue weighted by atomic mass is 16.5. The minimum absolute atomic E-state index is 0.0476. The first-order chi connectivity index (χ1) is 12.1. The molecule has 25 heavy (non-hydrogen) atoms. The minimum Gasteiger partial charge on any atom is -0.475 e. The minimum atomic E-state index is -0.817. The van der Waals surface area contributed by atoms with Gasteiger partial charge in [-0.15, -0.1) is 0 Å². The van der Waals surface area contributed by atoms with Crippen LogP contribution in [0, 0.1) is 6.92 Å². The summed E-state index contributed by atoms with van der Waals surface area (Å²) < 4.78 is 12.1. The lowest BCUT2D eigenvalue weighted by atomic mass is 9.90. The van der Waals surface area contributed by atoms with Crippen LogP contribution in [0.1, 0.15) is 37.8 Å². The average molecular weight is 347 g/mol. The van der Waals surface area contributed by atoms with Gasteiger partial charge in [-0.1, -0.05) is 0 Å². The molecule has 2 saturated heterocycles. The highest BCUT2D eigenvalue weighted by Gasteiger charge is 2.44. The monoisotopic (exact) mass is 347 g/mol. The second-order valence-electron chi connectivity index (χ2n) is 7.11. The van der Waals surface area contributed by atoms with E-state index in [0.717, 1.165) is 38.2 Å². The van der Waals surface area contributed by atoms with Crippen molar-refractivity contribution in [1.29, 1.82) is 0 Å². The van der Waals surface area contributed by atoms with E-state index in [0.29, 0.717) is 25.1 Å². The second kappa shape index (κ2) is 8.15. The Morgan fingerprint density at radius 1 is 1.44 bits per heavy atom. The van der Waals surface area contributed by atoms with E-state index < -0.39 is 5.60 Å². The first-order valence-electron chi connectivity index (χ1n) is 9.29. The summed E-state index contributed by atoms with van der Waals surface area (Å²) in [6, 6.07) is 3.74. The van der Waals surface area contributed by atoms with Crippen LogP contribution in [0.25, 0.3) is 0 Å². The molecule has 2 fully saturated rings. The van der Waals surface area contributed by atoms with E-state index in [1.54, 1.807) is 11.1 Å². The predicted octanol–water partition coefficient (Wildman–Crippen LogP) is 1.92. The van der Waals surface area contributed by atoms with E-state index in [2.05, 4.69) is 10.3 Å². The van der Waals surface area contributed by atoms with Crippen LogP contribution in [0.15, 0.2) is 18.3 Å².